The van der Waals surface area contributed by atoms with Crippen LogP contribution in [0, 0.1) is 11.7 Å². The van der Waals surface area contributed by atoms with Crippen LogP contribution in [0.25, 0.3) is 0 Å². The molecule has 0 bridgehead atoms. The number of hydrogen-bond acceptors (Lipinski definition) is 2. The number of amides is 2. The minimum Gasteiger partial charge on any atom is -0.356 e. The van der Waals surface area contributed by atoms with E-state index in [9.17, 15) is 14.0 Å². The summed E-state index contributed by atoms with van der Waals surface area (Å²) < 4.78 is 12.9. The van der Waals surface area contributed by atoms with Crippen molar-refractivity contribution in [3.63, 3.8) is 0 Å². The second-order valence-corrected chi connectivity index (χ2v) is 5.10. The van der Waals surface area contributed by atoms with Gasteiger partial charge < -0.3 is 10.2 Å². The first kappa shape index (κ1) is 14.5. The predicted octanol–water partition coefficient (Wildman–Crippen LogP) is 2.09. The lowest BCUT2D eigenvalue weighted by atomic mass is 10.1. The van der Waals surface area contributed by atoms with Crippen molar-refractivity contribution in [1.82, 2.24) is 5.32 Å². The summed E-state index contributed by atoms with van der Waals surface area (Å²) in [7, 11) is 0. The average molecular weight is 278 g/mol. The minimum atomic E-state index is -0.316. The first-order valence-corrected chi connectivity index (χ1v) is 6.92. The topological polar surface area (TPSA) is 49.4 Å². The zero-order valence-corrected chi connectivity index (χ0v) is 11.6. The van der Waals surface area contributed by atoms with Crippen molar-refractivity contribution in [3.05, 3.63) is 30.1 Å². The van der Waals surface area contributed by atoms with Gasteiger partial charge in [-0.3, -0.25) is 9.59 Å². The Labute approximate surface area is 118 Å². The van der Waals surface area contributed by atoms with Crippen LogP contribution in [-0.2, 0) is 9.59 Å². The van der Waals surface area contributed by atoms with Gasteiger partial charge >= 0.3 is 0 Å². The lowest BCUT2D eigenvalue weighted by Crippen LogP contribution is -2.31. The Bertz CT molecular complexity index is 487. The summed E-state index contributed by atoms with van der Waals surface area (Å²) in [5.74, 6) is -0.149. The molecule has 0 radical (unpaired) electrons. The van der Waals surface area contributed by atoms with E-state index in [2.05, 4.69) is 5.32 Å². The number of carbonyl (C=O) groups excluding carboxylic acids is 2. The smallest absolute Gasteiger partial charge is 0.227 e. The molecule has 4 nitrogen and oxygen atoms in total. The standard InChI is InChI=1S/C15H19FN2O2/c1-2-3-14(19)17-9-11-8-15(20)18(10-11)13-6-4-12(16)5-7-13/h4-7,11H,2-3,8-10H2,1H3,(H,17,19). The van der Waals surface area contributed by atoms with Crippen LogP contribution in [0.2, 0.25) is 0 Å². The maximum absolute atomic E-state index is 12.9. The first-order chi connectivity index (χ1) is 9.60. The third-order valence-corrected chi connectivity index (χ3v) is 3.41. The Morgan fingerprint density at radius 3 is 2.75 bits per heavy atom. The van der Waals surface area contributed by atoms with Gasteiger partial charge in [0.1, 0.15) is 5.82 Å². The molecule has 1 aliphatic rings. The third kappa shape index (κ3) is 3.56. The summed E-state index contributed by atoms with van der Waals surface area (Å²) in [5, 5.41) is 2.85. The number of hydrogen-bond donors (Lipinski definition) is 1. The number of halogens is 1. The van der Waals surface area contributed by atoms with Crippen LogP contribution in [-0.4, -0.2) is 24.9 Å². The largest absolute Gasteiger partial charge is 0.356 e. The van der Waals surface area contributed by atoms with Gasteiger partial charge in [-0.1, -0.05) is 6.92 Å². The second kappa shape index (κ2) is 6.50. The van der Waals surface area contributed by atoms with Crippen molar-refractivity contribution in [2.24, 2.45) is 5.92 Å². The third-order valence-electron chi connectivity index (χ3n) is 3.41. The lowest BCUT2D eigenvalue weighted by Gasteiger charge is -2.17. The summed E-state index contributed by atoms with van der Waals surface area (Å²) in [6, 6.07) is 5.90. The SMILES string of the molecule is CCCC(=O)NCC1CC(=O)N(c2ccc(F)cc2)C1. The molecule has 108 valence electrons. The van der Waals surface area contributed by atoms with E-state index < -0.39 is 0 Å². The van der Waals surface area contributed by atoms with Crippen molar-refractivity contribution in [2.75, 3.05) is 18.0 Å². The van der Waals surface area contributed by atoms with Gasteiger partial charge in [0.2, 0.25) is 11.8 Å². The fraction of sp³-hybridized carbons (Fsp3) is 0.467. The van der Waals surface area contributed by atoms with Crippen molar-refractivity contribution in [1.29, 1.82) is 0 Å². The molecule has 1 atom stereocenters. The van der Waals surface area contributed by atoms with Crippen LogP contribution in [0.5, 0.6) is 0 Å². The Morgan fingerprint density at radius 1 is 1.40 bits per heavy atom. The number of nitrogens with one attached hydrogen (secondary N) is 1. The van der Waals surface area contributed by atoms with E-state index >= 15 is 0 Å². The highest BCUT2D eigenvalue weighted by atomic mass is 19.1. The van der Waals surface area contributed by atoms with Gasteiger partial charge in [0.05, 0.1) is 0 Å². The zero-order valence-electron chi connectivity index (χ0n) is 11.6. The highest BCUT2D eigenvalue weighted by Crippen LogP contribution is 2.24. The molecule has 20 heavy (non-hydrogen) atoms. The Morgan fingerprint density at radius 2 is 2.10 bits per heavy atom. The summed E-state index contributed by atoms with van der Waals surface area (Å²) in [6.45, 7) is 3.04. The molecule has 0 aliphatic carbocycles. The van der Waals surface area contributed by atoms with Gasteiger partial charge in [-0.25, -0.2) is 4.39 Å². The van der Waals surface area contributed by atoms with Crippen LogP contribution >= 0.6 is 0 Å². The molecular formula is C15H19FN2O2. The molecule has 1 N–H and O–H groups in total. The van der Waals surface area contributed by atoms with E-state index in [0.717, 1.165) is 6.42 Å². The molecule has 1 aromatic rings. The maximum Gasteiger partial charge on any atom is 0.227 e. The highest BCUT2D eigenvalue weighted by Gasteiger charge is 2.30. The molecule has 1 fully saturated rings. The Hall–Kier alpha value is -1.91. The van der Waals surface area contributed by atoms with Crippen molar-refractivity contribution < 1.29 is 14.0 Å². The van der Waals surface area contributed by atoms with Crippen LogP contribution in [0.3, 0.4) is 0 Å². The second-order valence-electron chi connectivity index (χ2n) is 5.10. The van der Waals surface area contributed by atoms with E-state index in [4.69, 9.17) is 0 Å². The number of rotatable bonds is 5. The first-order valence-electron chi connectivity index (χ1n) is 6.92. The molecule has 1 saturated heterocycles. The monoisotopic (exact) mass is 278 g/mol. The van der Waals surface area contributed by atoms with Gasteiger partial charge in [-0.2, -0.15) is 0 Å². The number of carbonyl (C=O) groups is 2. The van der Waals surface area contributed by atoms with Gasteiger partial charge in [0.25, 0.3) is 0 Å². The number of nitrogens with zero attached hydrogens (tertiary/aromatic N) is 1. The Balaban J connectivity index is 1.90. The van der Waals surface area contributed by atoms with Crippen molar-refractivity contribution in [2.45, 2.75) is 26.2 Å². The van der Waals surface area contributed by atoms with Crippen LogP contribution in [0.4, 0.5) is 10.1 Å². The van der Waals surface area contributed by atoms with E-state index in [1.54, 1.807) is 17.0 Å². The van der Waals surface area contributed by atoms with E-state index in [1.807, 2.05) is 6.92 Å². The normalized spacial score (nSPS) is 18.4. The van der Waals surface area contributed by atoms with E-state index in [1.165, 1.54) is 12.1 Å². The lowest BCUT2D eigenvalue weighted by molar-refractivity contribution is -0.121. The molecule has 0 aromatic heterocycles. The molecule has 0 spiro atoms. The number of anilines is 1. The molecule has 1 unspecified atom stereocenters. The molecule has 0 saturated carbocycles. The van der Waals surface area contributed by atoms with Gasteiger partial charge in [0.15, 0.2) is 0 Å². The molecule has 1 aliphatic heterocycles. The molecule has 2 amide bonds. The van der Waals surface area contributed by atoms with Crippen molar-refractivity contribution in [3.8, 4) is 0 Å². The fourth-order valence-electron chi connectivity index (χ4n) is 2.36. The van der Waals surface area contributed by atoms with Crippen LogP contribution in [0.1, 0.15) is 26.2 Å². The Kier molecular flexibility index (Phi) is 4.71. The van der Waals surface area contributed by atoms with Gasteiger partial charge in [0, 0.05) is 37.5 Å². The fourth-order valence-corrected chi connectivity index (χ4v) is 2.36. The van der Waals surface area contributed by atoms with Gasteiger partial charge in [-0.05, 0) is 30.7 Å². The highest BCUT2D eigenvalue weighted by molar-refractivity contribution is 5.95. The predicted molar refractivity (Wildman–Crippen MR) is 74.8 cm³/mol. The number of benzene rings is 1. The zero-order chi connectivity index (χ0) is 14.5. The van der Waals surface area contributed by atoms with E-state index in [0.29, 0.717) is 31.6 Å². The molecular weight excluding hydrogens is 259 g/mol. The minimum absolute atomic E-state index is 0.0198. The molecule has 2 rings (SSSR count). The average Bonchev–Trinajstić information content (AvgIpc) is 2.79. The van der Waals surface area contributed by atoms with Crippen LogP contribution in [0.15, 0.2) is 24.3 Å². The molecule has 1 heterocycles. The maximum atomic E-state index is 12.9. The summed E-state index contributed by atoms with van der Waals surface area (Å²) >= 11 is 0. The molecule has 5 heteroatoms. The summed E-state index contributed by atoms with van der Waals surface area (Å²) in [5.41, 5.74) is 0.707. The van der Waals surface area contributed by atoms with Gasteiger partial charge in [-0.15, -0.1) is 0 Å². The van der Waals surface area contributed by atoms with Crippen molar-refractivity contribution >= 4 is 17.5 Å². The molecule has 1 aromatic carbocycles. The van der Waals surface area contributed by atoms with E-state index in [-0.39, 0.29) is 23.5 Å². The van der Waals surface area contributed by atoms with Crippen LogP contribution < -0.4 is 10.2 Å². The quantitative estimate of drug-likeness (QED) is 0.896. The summed E-state index contributed by atoms with van der Waals surface area (Å²) in [4.78, 5) is 25.0. The summed E-state index contributed by atoms with van der Waals surface area (Å²) in [6.07, 6.45) is 1.75.